The normalized spacial score (nSPS) is 24.5. The van der Waals surface area contributed by atoms with Gasteiger partial charge in [-0.25, -0.2) is 8.78 Å². The van der Waals surface area contributed by atoms with Crippen molar-refractivity contribution < 1.29 is 8.78 Å². The molecule has 2 saturated heterocycles. The summed E-state index contributed by atoms with van der Waals surface area (Å²) in [4.78, 5) is 7.52. The summed E-state index contributed by atoms with van der Waals surface area (Å²) >= 11 is 0. The predicted molar refractivity (Wildman–Crippen MR) is 102 cm³/mol. The SMILES string of the molecule is Fc1ccc(N2CCC(N3CCN(CC4CCCC4)CC3)CC2)cc1F. The van der Waals surface area contributed by atoms with Crippen LogP contribution < -0.4 is 4.90 Å². The Bertz CT molecular complexity index is 587. The second-order valence-corrected chi connectivity index (χ2v) is 8.30. The fraction of sp³-hybridized carbons (Fsp3) is 0.714. The van der Waals surface area contributed by atoms with Gasteiger partial charge in [-0.2, -0.15) is 0 Å². The number of hydrogen-bond donors (Lipinski definition) is 0. The number of rotatable bonds is 4. The summed E-state index contributed by atoms with van der Waals surface area (Å²) in [6.45, 7) is 7.95. The maximum Gasteiger partial charge on any atom is 0.160 e. The average Bonchev–Trinajstić information content (AvgIpc) is 3.18. The van der Waals surface area contributed by atoms with Crippen LogP contribution in [0.15, 0.2) is 18.2 Å². The summed E-state index contributed by atoms with van der Waals surface area (Å²) in [7, 11) is 0. The zero-order valence-electron chi connectivity index (χ0n) is 15.7. The summed E-state index contributed by atoms with van der Waals surface area (Å²) in [5.41, 5.74) is 0.809. The number of nitrogens with zero attached hydrogens (tertiary/aromatic N) is 3. The molecule has 0 bridgehead atoms. The first kappa shape index (κ1) is 18.2. The molecule has 0 amide bonds. The summed E-state index contributed by atoms with van der Waals surface area (Å²) in [6, 6.07) is 4.91. The molecule has 1 aliphatic carbocycles. The Morgan fingerprint density at radius 1 is 0.808 bits per heavy atom. The molecule has 144 valence electrons. The van der Waals surface area contributed by atoms with E-state index in [2.05, 4.69) is 14.7 Å². The van der Waals surface area contributed by atoms with Crippen LogP contribution >= 0.6 is 0 Å². The van der Waals surface area contributed by atoms with E-state index >= 15 is 0 Å². The van der Waals surface area contributed by atoms with Gasteiger partial charge >= 0.3 is 0 Å². The molecule has 26 heavy (non-hydrogen) atoms. The van der Waals surface area contributed by atoms with Gasteiger partial charge in [0.1, 0.15) is 0 Å². The monoisotopic (exact) mass is 363 g/mol. The lowest BCUT2D eigenvalue weighted by Crippen LogP contribution is -2.53. The van der Waals surface area contributed by atoms with Gasteiger partial charge in [-0.3, -0.25) is 4.90 Å². The van der Waals surface area contributed by atoms with E-state index in [-0.39, 0.29) is 0 Å². The van der Waals surface area contributed by atoms with Gasteiger partial charge in [-0.15, -0.1) is 0 Å². The van der Waals surface area contributed by atoms with Crippen LogP contribution in [0.3, 0.4) is 0 Å². The van der Waals surface area contributed by atoms with Crippen LogP contribution in [0.5, 0.6) is 0 Å². The number of halogens is 2. The van der Waals surface area contributed by atoms with Crippen molar-refractivity contribution in [1.29, 1.82) is 0 Å². The predicted octanol–water partition coefficient (Wildman–Crippen LogP) is 3.74. The van der Waals surface area contributed by atoms with Gasteiger partial charge < -0.3 is 9.80 Å². The molecule has 2 aliphatic heterocycles. The minimum Gasteiger partial charge on any atom is -0.371 e. The zero-order valence-corrected chi connectivity index (χ0v) is 15.7. The molecule has 0 N–H and O–H groups in total. The fourth-order valence-electron chi connectivity index (χ4n) is 5.04. The number of benzene rings is 1. The smallest absolute Gasteiger partial charge is 0.160 e. The molecule has 3 aliphatic rings. The first-order valence-electron chi connectivity index (χ1n) is 10.4. The highest BCUT2D eigenvalue weighted by molar-refractivity contribution is 5.47. The van der Waals surface area contributed by atoms with E-state index in [1.54, 1.807) is 6.07 Å². The van der Waals surface area contributed by atoms with Crippen molar-refractivity contribution in [1.82, 2.24) is 9.80 Å². The Kier molecular flexibility index (Phi) is 5.75. The molecule has 3 fully saturated rings. The van der Waals surface area contributed by atoms with Crippen molar-refractivity contribution in [3.63, 3.8) is 0 Å². The van der Waals surface area contributed by atoms with Crippen LogP contribution in [0.25, 0.3) is 0 Å². The fourth-order valence-corrected chi connectivity index (χ4v) is 5.04. The van der Waals surface area contributed by atoms with Gasteiger partial charge in [0, 0.05) is 63.6 Å². The molecule has 2 heterocycles. The maximum absolute atomic E-state index is 13.5. The minimum absolute atomic E-state index is 0.644. The molecule has 1 aromatic carbocycles. The molecule has 5 heteroatoms. The summed E-state index contributed by atoms with van der Waals surface area (Å²) in [6.07, 6.45) is 7.96. The quantitative estimate of drug-likeness (QED) is 0.807. The summed E-state index contributed by atoms with van der Waals surface area (Å²) in [5.74, 6) is -0.567. The third-order valence-electron chi connectivity index (χ3n) is 6.65. The number of piperazine rings is 1. The Morgan fingerprint density at radius 3 is 2.15 bits per heavy atom. The van der Waals surface area contributed by atoms with Crippen molar-refractivity contribution >= 4 is 5.69 Å². The van der Waals surface area contributed by atoms with Crippen LogP contribution in [-0.2, 0) is 0 Å². The van der Waals surface area contributed by atoms with Crippen molar-refractivity contribution in [2.24, 2.45) is 5.92 Å². The molecule has 0 atom stereocenters. The van der Waals surface area contributed by atoms with Gasteiger partial charge in [0.05, 0.1) is 0 Å². The molecule has 0 unspecified atom stereocenters. The lowest BCUT2D eigenvalue weighted by Gasteiger charge is -2.43. The molecular weight excluding hydrogens is 332 g/mol. The van der Waals surface area contributed by atoms with Crippen LogP contribution in [0.1, 0.15) is 38.5 Å². The largest absolute Gasteiger partial charge is 0.371 e. The van der Waals surface area contributed by atoms with E-state index in [1.807, 2.05) is 0 Å². The standard InChI is InChI=1S/C21H31F2N3/c22-20-6-5-19(15-21(20)23)25-9-7-18(8-10-25)26-13-11-24(12-14-26)16-17-3-1-2-4-17/h5-6,15,17-18H,1-4,7-14,16H2. The molecule has 0 radical (unpaired) electrons. The summed E-state index contributed by atoms with van der Waals surface area (Å²) in [5, 5.41) is 0. The Hall–Kier alpha value is -1.20. The lowest BCUT2D eigenvalue weighted by molar-refractivity contribution is 0.0766. The van der Waals surface area contributed by atoms with E-state index in [1.165, 1.54) is 70.5 Å². The highest BCUT2D eigenvalue weighted by Crippen LogP contribution is 2.27. The molecule has 0 spiro atoms. The Morgan fingerprint density at radius 2 is 1.50 bits per heavy atom. The number of piperidine rings is 1. The second-order valence-electron chi connectivity index (χ2n) is 8.30. The Labute approximate surface area is 155 Å². The first-order valence-corrected chi connectivity index (χ1v) is 10.4. The molecular formula is C21H31F2N3. The molecule has 0 aromatic heterocycles. The molecule has 3 nitrogen and oxygen atoms in total. The van der Waals surface area contributed by atoms with E-state index in [0.29, 0.717) is 6.04 Å². The van der Waals surface area contributed by atoms with E-state index in [4.69, 9.17) is 0 Å². The molecule has 1 saturated carbocycles. The average molecular weight is 363 g/mol. The van der Waals surface area contributed by atoms with Crippen LogP contribution in [0.2, 0.25) is 0 Å². The van der Waals surface area contributed by atoms with Crippen molar-refractivity contribution in [3.8, 4) is 0 Å². The zero-order chi connectivity index (χ0) is 17.9. The van der Waals surface area contributed by atoms with Crippen molar-refractivity contribution in [2.45, 2.75) is 44.6 Å². The van der Waals surface area contributed by atoms with E-state index < -0.39 is 11.6 Å². The topological polar surface area (TPSA) is 9.72 Å². The third kappa shape index (κ3) is 4.20. The highest BCUT2D eigenvalue weighted by Gasteiger charge is 2.28. The van der Waals surface area contributed by atoms with Gasteiger partial charge in [0.2, 0.25) is 0 Å². The molecule has 4 rings (SSSR count). The number of anilines is 1. The van der Waals surface area contributed by atoms with Crippen LogP contribution in [-0.4, -0.2) is 61.7 Å². The van der Waals surface area contributed by atoms with E-state index in [9.17, 15) is 8.78 Å². The second kappa shape index (κ2) is 8.22. The molecule has 1 aromatic rings. The lowest BCUT2D eigenvalue weighted by atomic mass is 10.0. The maximum atomic E-state index is 13.5. The minimum atomic E-state index is -0.765. The first-order chi connectivity index (χ1) is 12.7. The number of hydrogen-bond acceptors (Lipinski definition) is 3. The van der Waals surface area contributed by atoms with Crippen molar-refractivity contribution in [3.05, 3.63) is 29.8 Å². The highest BCUT2D eigenvalue weighted by atomic mass is 19.2. The van der Waals surface area contributed by atoms with Crippen LogP contribution in [0, 0.1) is 17.6 Å². The Balaban J connectivity index is 1.23. The van der Waals surface area contributed by atoms with Gasteiger partial charge in [-0.1, -0.05) is 12.8 Å². The van der Waals surface area contributed by atoms with Gasteiger partial charge in [0.25, 0.3) is 0 Å². The third-order valence-corrected chi connectivity index (χ3v) is 6.65. The van der Waals surface area contributed by atoms with Crippen molar-refractivity contribution in [2.75, 3.05) is 50.7 Å². The summed E-state index contributed by atoms with van der Waals surface area (Å²) < 4.78 is 26.6. The van der Waals surface area contributed by atoms with E-state index in [0.717, 1.165) is 37.5 Å². The van der Waals surface area contributed by atoms with Gasteiger partial charge in [0.15, 0.2) is 11.6 Å². The van der Waals surface area contributed by atoms with Gasteiger partial charge in [-0.05, 0) is 43.7 Å². The van der Waals surface area contributed by atoms with Crippen LogP contribution in [0.4, 0.5) is 14.5 Å².